The third-order valence-electron chi connectivity index (χ3n) is 3.28. The molecule has 0 radical (unpaired) electrons. The average Bonchev–Trinajstić information content (AvgIpc) is 2.32. The second-order valence-corrected chi connectivity index (χ2v) is 6.31. The molecule has 1 fully saturated rings. The predicted octanol–water partition coefficient (Wildman–Crippen LogP) is 3.29. The number of hydrogen-bond acceptors (Lipinski definition) is 2. The smallest absolute Gasteiger partial charge is 0.257 e. The van der Waals surface area contributed by atoms with Crippen LogP contribution in [0.1, 0.15) is 23.7 Å². The monoisotopic (exact) mass is 331 g/mol. The van der Waals surface area contributed by atoms with Gasteiger partial charge in [0.15, 0.2) is 0 Å². The molecular formula is C13H15BrClNO2. The lowest BCUT2D eigenvalue weighted by Crippen LogP contribution is -2.43. The summed E-state index contributed by atoms with van der Waals surface area (Å²) in [5, 5.41) is 10.2. The maximum atomic E-state index is 12.3. The summed E-state index contributed by atoms with van der Waals surface area (Å²) >= 11 is 9.36. The van der Waals surface area contributed by atoms with E-state index >= 15 is 0 Å². The van der Waals surface area contributed by atoms with Gasteiger partial charge in [0.05, 0.1) is 5.56 Å². The Morgan fingerprint density at radius 3 is 2.89 bits per heavy atom. The first-order valence-electron chi connectivity index (χ1n) is 5.91. The van der Waals surface area contributed by atoms with Gasteiger partial charge in [0.1, 0.15) is 5.75 Å². The van der Waals surface area contributed by atoms with E-state index in [-0.39, 0.29) is 11.7 Å². The summed E-state index contributed by atoms with van der Waals surface area (Å²) in [4.78, 5) is 14.5. The number of carbonyl (C=O) groups is 1. The van der Waals surface area contributed by atoms with Gasteiger partial charge in [-0.05, 0) is 30.5 Å². The van der Waals surface area contributed by atoms with Crippen LogP contribution < -0.4 is 0 Å². The summed E-state index contributed by atoms with van der Waals surface area (Å²) in [6.07, 6.45) is 0.932. The Kier molecular flexibility index (Phi) is 4.17. The standard InChI is InChI=1S/C13H15BrClNO2/c1-8-7-16(5-4-11(8)14)13(18)10-3-2-9(15)6-12(10)17/h2-3,6,8,11,17H,4-5,7H2,1H3. The Balaban J connectivity index is 2.16. The quantitative estimate of drug-likeness (QED) is 0.802. The van der Waals surface area contributed by atoms with Crippen molar-refractivity contribution in [1.29, 1.82) is 0 Å². The van der Waals surface area contributed by atoms with E-state index in [1.807, 2.05) is 0 Å². The van der Waals surface area contributed by atoms with Gasteiger partial charge in [-0.1, -0.05) is 34.5 Å². The lowest BCUT2D eigenvalue weighted by molar-refractivity contribution is 0.0687. The summed E-state index contributed by atoms with van der Waals surface area (Å²) in [6, 6.07) is 4.59. The van der Waals surface area contributed by atoms with E-state index in [1.54, 1.807) is 17.0 Å². The van der Waals surface area contributed by atoms with Crippen LogP contribution in [0.2, 0.25) is 5.02 Å². The third kappa shape index (κ3) is 2.81. The molecule has 1 aliphatic rings. The van der Waals surface area contributed by atoms with Crippen molar-refractivity contribution in [3.8, 4) is 5.75 Å². The van der Waals surface area contributed by atoms with Crippen molar-refractivity contribution in [3.63, 3.8) is 0 Å². The summed E-state index contributed by atoms with van der Waals surface area (Å²) in [7, 11) is 0. The molecule has 0 saturated carbocycles. The predicted molar refractivity (Wildman–Crippen MR) is 75.5 cm³/mol. The maximum absolute atomic E-state index is 12.3. The van der Waals surface area contributed by atoms with Gasteiger partial charge < -0.3 is 10.0 Å². The minimum absolute atomic E-state index is 0.0545. The van der Waals surface area contributed by atoms with E-state index in [2.05, 4.69) is 22.9 Å². The topological polar surface area (TPSA) is 40.5 Å². The van der Waals surface area contributed by atoms with Crippen LogP contribution >= 0.6 is 27.5 Å². The Morgan fingerprint density at radius 2 is 2.28 bits per heavy atom. The minimum Gasteiger partial charge on any atom is -0.507 e. The molecule has 98 valence electrons. The number of amides is 1. The molecule has 0 spiro atoms. The van der Waals surface area contributed by atoms with Crippen molar-refractivity contribution >= 4 is 33.4 Å². The van der Waals surface area contributed by atoms with Crippen molar-refractivity contribution in [3.05, 3.63) is 28.8 Å². The third-order valence-corrected chi connectivity index (χ3v) is 4.87. The minimum atomic E-state index is -0.129. The molecule has 1 aliphatic heterocycles. The summed E-state index contributed by atoms with van der Waals surface area (Å²) in [6.45, 7) is 3.53. The fourth-order valence-corrected chi connectivity index (χ4v) is 2.70. The number of alkyl halides is 1. The van der Waals surface area contributed by atoms with Crippen LogP contribution in [0.3, 0.4) is 0 Å². The molecule has 0 aliphatic carbocycles. The molecule has 5 heteroatoms. The van der Waals surface area contributed by atoms with Crippen LogP contribution in [-0.2, 0) is 0 Å². The molecule has 1 amide bonds. The van der Waals surface area contributed by atoms with Crippen molar-refractivity contribution in [2.45, 2.75) is 18.2 Å². The molecule has 0 bridgehead atoms. The van der Waals surface area contributed by atoms with Crippen LogP contribution in [0, 0.1) is 5.92 Å². The van der Waals surface area contributed by atoms with Gasteiger partial charge in [-0.2, -0.15) is 0 Å². The second-order valence-electron chi connectivity index (χ2n) is 4.69. The van der Waals surface area contributed by atoms with E-state index in [0.717, 1.165) is 6.42 Å². The number of phenolic OH excluding ortho intramolecular Hbond substituents is 1. The molecule has 2 unspecified atom stereocenters. The number of piperidine rings is 1. The van der Waals surface area contributed by atoms with Gasteiger partial charge in [0.2, 0.25) is 0 Å². The highest BCUT2D eigenvalue weighted by molar-refractivity contribution is 9.09. The number of likely N-dealkylation sites (tertiary alicyclic amines) is 1. The fourth-order valence-electron chi connectivity index (χ4n) is 2.16. The zero-order valence-corrected chi connectivity index (χ0v) is 12.4. The molecule has 1 heterocycles. The fraction of sp³-hybridized carbons (Fsp3) is 0.462. The SMILES string of the molecule is CC1CN(C(=O)c2ccc(Cl)cc2O)CCC1Br. The van der Waals surface area contributed by atoms with E-state index in [4.69, 9.17) is 11.6 Å². The number of benzene rings is 1. The normalized spacial score (nSPS) is 24.1. The van der Waals surface area contributed by atoms with Crippen molar-refractivity contribution in [2.24, 2.45) is 5.92 Å². The van der Waals surface area contributed by atoms with Gasteiger partial charge >= 0.3 is 0 Å². The van der Waals surface area contributed by atoms with Gasteiger partial charge in [0, 0.05) is 22.9 Å². The first kappa shape index (κ1) is 13.7. The molecule has 1 aromatic rings. The Bertz CT molecular complexity index is 466. The molecule has 1 N–H and O–H groups in total. The van der Waals surface area contributed by atoms with Crippen LogP contribution in [-0.4, -0.2) is 33.8 Å². The van der Waals surface area contributed by atoms with E-state index in [0.29, 0.717) is 34.4 Å². The Labute approximate surface area is 120 Å². The molecular weight excluding hydrogens is 318 g/mol. The lowest BCUT2D eigenvalue weighted by Gasteiger charge is -2.34. The lowest BCUT2D eigenvalue weighted by atomic mass is 9.99. The van der Waals surface area contributed by atoms with Crippen LogP contribution in [0.25, 0.3) is 0 Å². The highest BCUT2D eigenvalue weighted by Gasteiger charge is 2.28. The molecule has 18 heavy (non-hydrogen) atoms. The number of phenols is 1. The van der Waals surface area contributed by atoms with Crippen LogP contribution in [0.15, 0.2) is 18.2 Å². The number of rotatable bonds is 1. The molecule has 2 rings (SSSR count). The average molecular weight is 333 g/mol. The first-order chi connectivity index (χ1) is 8.49. The van der Waals surface area contributed by atoms with Crippen LogP contribution in [0.4, 0.5) is 0 Å². The Hall–Kier alpha value is -0.740. The molecule has 1 saturated heterocycles. The van der Waals surface area contributed by atoms with E-state index in [9.17, 15) is 9.90 Å². The van der Waals surface area contributed by atoms with Gasteiger partial charge in [-0.25, -0.2) is 0 Å². The number of hydrogen-bond donors (Lipinski definition) is 1. The Morgan fingerprint density at radius 1 is 1.56 bits per heavy atom. The van der Waals surface area contributed by atoms with Crippen molar-refractivity contribution < 1.29 is 9.90 Å². The number of aromatic hydroxyl groups is 1. The first-order valence-corrected chi connectivity index (χ1v) is 7.20. The molecule has 2 atom stereocenters. The highest BCUT2D eigenvalue weighted by Crippen LogP contribution is 2.27. The second kappa shape index (κ2) is 5.49. The van der Waals surface area contributed by atoms with Crippen molar-refractivity contribution in [2.75, 3.05) is 13.1 Å². The largest absolute Gasteiger partial charge is 0.507 e. The van der Waals surface area contributed by atoms with E-state index < -0.39 is 0 Å². The van der Waals surface area contributed by atoms with Gasteiger partial charge in [0.25, 0.3) is 5.91 Å². The zero-order valence-electron chi connectivity index (χ0n) is 10.1. The number of halogens is 2. The van der Waals surface area contributed by atoms with Crippen molar-refractivity contribution in [1.82, 2.24) is 4.90 Å². The van der Waals surface area contributed by atoms with Gasteiger partial charge in [-0.3, -0.25) is 4.79 Å². The van der Waals surface area contributed by atoms with Crippen LogP contribution in [0.5, 0.6) is 5.75 Å². The molecule has 1 aromatic carbocycles. The number of carbonyl (C=O) groups excluding carboxylic acids is 1. The maximum Gasteiger partial charge on any atom is 0.257 e. The zero-order chi connectivity index (χ0) is 13.3. The van der Waals surface area contributed by atoms with E-state index in [1.165, 1.54) is 6.07 Å². The summed E-state index contributed by atoms with van der Waals surface area (Å²) < 4.78 is 0. The molecule has 3 nitrogen and oxygen atoms in total. The highest BCUT2D eigenvalue weighted by atomic mass is 79.9. The molecule has 0 aromatic heterocycles. The summed E-state index contributed by atoms with van der Waals surface area (Å²) in [5.74, 6) is 0.230. The summed E-state index contributed by atoms with van der Waals surface area (Å²) in [5.41, 5.74) is 0.319. The number of nitrogens with zero attached hydrogens (tertiary/aromatic N) is 1. The van der Waals surface area contributed by atoms with Gasteiger partial charge in [-0.15, -0.1) is 0 Å².